The summed E-state index contributed by atoms with van der Waals surface area (Å²) in [6, 6.07) is 7.73. The van der Waals surface area contributed by atoms with Crippen molar-refractivity contribution in [2.24, 2.45) is 0 Å². The van der Waals surface area contributed by atoms with Crippen molar-refractivity contribution in [3.05, 3.63) is 41.5 Å². The largest absolute Gasteiger partial charge is 0.480 e. The number of nitrogens with zero attached hydrogens (tertiary/aromatic N) is 1. The Labute approximate surface area is 107 Å². The number of benzene rings is 1. The topological polar surface area (TPSA) is 57.6 Å². The van der Waals surface area contributed by atoms with Crippen LogP contribution in [0.2, 0.25) is 0 Å². The summed E-state index contributed by atoms with van der Waals surface area (Å²) in [5.41, 5.74) is 2.04. The van der Waals surface area contributed by atoms with Crippen LogP contribution in [0.3, 0.4) is 0 Å². The van der Waals surface area contributed by atoms with Crippen molar-refractivity contribution in [2.75, 3.05) is 13.1 Å². The molecule has 18 heavy (non-hydrogen) atoms. The summed E-state index contributed by atoms with van der Waals surface area (Å²) in [6.45, 7) is 3.83. The molecule has 0 aliphatic heterocycles. The maximum absolute atomic E-state index is 11.7. The molecule has 1 aromatic rings. The van der Waals surface area contributed by atoms with Gasteiger partial charge in [-0.05, 0) is 25.5 Å². The molecule has 1 amide bonds. The van der Waals surface area contributed by atoms with Crippen LogP contribution in [0.25, 0.3) is 6.08 Å². The number of aliphatic carboxylic acids is 1. The fourth-order valence-corrected chi connectivity index (χ4v) is 1.56. The minimum absolute atomic E-state index is 0.270. The van der Waals surface area contributed by atoms with E-state index >= 15 is 0 Å². The van der Waals surface area contributed by atoms with Gasteiger partial charge in [-0.15, -0.1) is 0 Å². The van der Waals surface area contributed by atoms with Crippen molar-refractivity contribution in [1.82, 2.24) is 4.90 Å². The summed E-state index contributed by atoms with van der Waals surface area (Å²) in [4.78, 5) is 23.6. The molecule has 96 valence electrons. The number of carbonyl (C=O) groups excluding carboxylic acids is 1. The van der Waals surface area contributed by atoms with Gasteiger partial charge in [-0.2, -0.15) is 0 Å². The lowest BCUT2D eigenvalue weighted by Gasteiger charge is -2.15. The summed E-state index contributed by atoms with van der Waals surface area (Å²) in [5.74, 6) is -1.30. The van der Waals surface area contributed by atoms with E-state index in [0.717, 1.165) is 11.1 Å². The van der Waals surface area contributed by atoms with Crippen LogP contribution >= 0.6 is 0 Å². The molecule has 0 saturated carbocycles. The van der Waals surface area contributed by atoms with E-state index in [1.165, 1.54) is 11.0 Å². The minimum atomic E-state index is -1.01. The summed E-state index contributed by atoms with van der Waals surface area (Å²) >= 11 is 0. The molecule has 1 aromatic carbocycles. The summed E-state index contributed by atoms with van der Waals surface area (Å²) in [5, 5.41) is 8.67. The molecule has 0 aromatic heterocycles. The quantitative estimate of drug-likeness (QED) is 0.809. The zero-order chi connectivity index (χ0) is 13.5. The Balaban J connectivity index is 2.71. The van der Waals surface area contributed by atoms with E-state index in [4.69, 9.17) is 5.11 Å². The third kappa shape index (κ3) is 4.41. The van der Waals surface area contributed by atoms with Crippen molar-refractivity contribution in [1.29, 1.82) is 0 Å². The van der Waals surface area contributed by atoms with Crippen LogP contribution in [0.4, 0.5) is 0 Å². The van der Waals surface area contributed by atoms with Crippen LogP contribution in [0.15, 0.2) is 30.3 Å². The average Bonchev–Trinajstić information content (AvgIpc) is 2.33. The Kier molecular flexibility index (Phi) is 5.11. The number of carboxylic acids is 1. The molecule has 0 atom stereocenters. The molecule has 0 unspecified atom stereocenters. The number of hydrogen-bond acceptors (Lipinski definition) is 2. The number of hydrogen-bond donors (Lipinski definition) is 1. The predicted molar refractivity (Wildman–Crippen MR) is 70.1 cm³/mol. The second-order valence-electron chi connectivity index (χ2n) is 3.99. The average molecular weight is 247 g/mol. The van der Waals surface area contributed by atoms with Crippen molar-refractivity contribution < 1.29 is 14.7 Å². The second-order valence-corrected chi connectivity index (χ2v) is 3.99. The Hall–Kier alpha value is -2.10. The maximum Gasteiger partial charge on any atom is 0.323 e. The van der Waals surface area contributed by atoms with Crippen molar-refractivity contribution >= 4 is 18.0 Å². The first-order valence-corrected chi connectivity index (χ1v) is 5.78. The van der Waals surface area contributed by atoms with Gasteiger partial charge in [0.15, 0.2) is 0 Å². The van der Waals surface area contributed by atoms with Gasteiger partial charge in [-0.25, -0.2) is 0 Å². The van der Waals surface area contributed by atoms with Crippen LogP contribution < -0.4 is 0 Å². The molecular formula is C14H17NO3. The molecule has 0 bridgehead atoms. The van der Waals surface area contributed by atoms with Gasteiger partial charge in [0.25, 0.3) is 0 Å². The predicted octanol–water partition coefficient (Wildman–Crippen LogP) is 1.94. The lowest BCUT2D eigenvalue weighted by atomic mass is 10.1. The fourth-order valence-electron chi connectivity index (χ4n) is 1.56. The monoisotopic (exact) mass is 247 g/mol. The first-order chi connectivity index (χ1) is 8.52. The third-order valence-corrected chi connectivity index (χ3v) is 2.48. The SMILES string of the molecule is CCN(CC(=O)O)C(=O)/C=C/c1cccc(C)c1. The normalized spacial score (nSPS) is 10.6. The zero-order valence-corrected chi connectivity index (χ0v) is 10.6. The second kappa shape index (κ2) is 6.59. The molecular weight excluding hydrogens is 230 g/mol. The zero-order valence-electron chi connectivity index (χ0n) is 10.6. The molecule has 0 spiro atoms. The minimum Gasteiger partial charge on any atom is -0.480 e. The van der Waals surface area contributed by atoms with Gasteiger partial charge in [-0.1, -0.05) is 29.8 Å². The molecule has 0 aliphatic rings. The standard InChI is InChI=1S/C14H17NO3/c1-3-15(10-14(17)18)13(16)8-7-12-6-4-5-11(2)9-12/h4-9H,3,10H2,1-2H3,(H,17,18)/b8-7+. The van der Waals surface area contributed by atoms with Gasteiger partial charge >= 0.3 is 5.97 Å². The number of carboxylic acid groups (broad SMARTS) is 1. The first-order valence-electron chi connectivity index (χ1n) is 5.78. The molecule has 4 heteroatoms. The van der Waals surface area contributed by atoms with Crippen molar-refractivity contribution in [2.45, 2.75) is 13.8 Å². The van der Waals surface area contributed by atoms with Crippen LogP contribution in [0, 0.1) is 6.92 Å². The summed E-state index contributed by atoms with van der Waals surface area (Å²) < 4.78 is 0. The maximum atomic E-state index is 11.7. The molecule has 1 rings (SSSR count). The van der Waals surface area contributed by atoms with Crippen molar-refractivity contribution in [3.8, 4) is 0 Å². The van der Waals surface area contributed by atoms with E-state index in [9.17, 15) is 9.59 Å². The highest BCUT2D eigenvalue weighted by atomic mass is 16.4. The van der Waals surface area contributed by atoms with Gasteiger partial charge in [0.1, 0.15) is 6.54 Å². The molecule has 0 saturated heterocycles. The number of carbonyl (C=O) groups is 2. The number of likely N-dealkylation sites (N-methyl/N-ethyl adjacent to an activating group) is 1. The highest BCUT2D eigenvalue weighted by Gasteiger charge is 2.11. The van der Waals surface area contributed by atoms with Crippen LogP contribution in [-0.4, -0.2) is 35.0 Å². The fraction of sp³-hybridized carbons (Fsp3) is 0.286. The van der Waals surface area contributed by atoms with Gasteiger partial charge in [0.2, 0.25) is 5.91 Å². The summed E-state index contributed by atoms with van der Waals surface area (Å²) in [7, 11) is 0. The van der Waals surface area contributed by atoms with E-state index in [-0.39, 0.29) is 12.5 Å². The van der Waals surface area contributed by atoms with Crippen LogP contribution in [-0.2, 0) is 9.59 Å². The number of amides is 1. The number of aryl methyl sites for hydroxylation is 1. The Morgan fingerprint density at radius 2 is 2.11 bits per heavy atom. The molecule has 4 nitrogen and oxygen atoms in total. The van der Waals surface area contributed by atoms with Gasteiger partial charge in [0, 0.05) is 12.6 Å². The van der Waals surface area contributed by atoms with Gasteiger partial charge in [0.05, 0.1) is 0 Å². The molecule has 0 radical (unpaired) electrons. The molecule has 0 aliphatic carbocycles. The molecule has 0 fully saturated rings. The highest BCUT2D eigenvalue weighted by Crippen LogP contribution is 2.06. The smallest absolute Gasteiger partial charge is 0.323 e. The Morgan fingerprint density at radius 1 is 1.39 bits per heavy atom. The Morgan fingerprint density at radius 3 is 2.67 bits per heavy atom. The van der Waals surface area contributed by atoms with E-state index in [1.807, 2.05) is 31.2 Å². The van der Waals surface area contributed by atoms with Crippen LogP contribution in [0.5, 0.6) is 0 Å². The van der Waals surface area contributed by atoms with Crippen LogP contribution in [0.1, 0.15) is 18.1 Å². The molecule has 1 N–H and O–H groups in total. The van der Waals surface area contributed by atoms with E-state index in [0.29, 0.717) is 6.54 Å². The third-order valence-electron chi connectivity index (χ3n) is 2.48. The Bertz CT molecular complexity index is 466. The lowest BCUT2D eigenvalue weighted by molar-refractivity contribution is -0.142. The van der Waals surface area contributed by atoms with Gasteiger partial charge < -0.3 is 10.0 Å². The first kappa shape index (κ1) is 14.0. The summed E-state index contributed by atoms with van der Waals surface area (Å²) in [6.07, 6.45) is 3.10. The lowest BCUT2D eigenvalue weighted by Crippen LogP contribution is -2.34. The van der Waals surface area contributed by atoms with E-state index < -0.39 is 5.97 Å². The number of rotatable bonds is 5. The van der Waals surface area contributed by atoms with Crippen molar-refractivity contribution in [3.63, 3.8) is 0 Å². The highest BCUT2D eigenvalue weighted by molar-refractivity contribution is 5.93. The van der Waals surface area contributed by atoms with E-state index in [1.54, 1.807) is 13.0 Å². The molecule has 0 heterocycles. The van der Waals surface area contributed by atoms with E-state index in [2.05, 4.69) is 0 Å². The van der Waals surface area contributed by atoms with Gasteiger partial charge in [-0.3, -0.25) is 9.59 Å².